The van der Waals surface area contributed by atoms with Crippen molar-refractivity contribution in [3.63, 3.8) is 0 Å². The number of halogens is 1. The lowest BCUT2D eigenvalue weighted by Crippen LogP contribution is -2.42. The Balaban J connectivity index is 1.54. The zero-order valence-electron chi connectivity index (χ0n) is 18.5. The Hall–Kier alpha value is -3.06. The van der Waals surface area contributed by atoms with Crippen LogP contribution in [0.25, 0.3) is 0 Å². The van der Waals surface area contributed by atoms with Gasteiger partial charge in [0.1, 0.15) is 0 Å². The average Bonchev–Trinajstić information content (AvgIpc) is 3.56. The van der Waals surface area contributed by atoms with Crippen molar-refractivity contribution < 1.29 is 14.4 Å². The van der Waals surface area contributed by atoms with Gasteiger partial charge in [-0.15, -0.1) is 0 Å². The molecule has 32 heavy (non-hydrogen) atoms. The molecule has 2 aromatic carbocycles. The number of anilines is 2. The number of hydrogen-bond donors (Lipinski definition) is 4. The van der Waals surface area contributed by atoms with E-state index in [2.05, 4.69) is 21.3 Å². The van der Waals surface area contributed by atoms with Crippen LogP contribution < -0.4 is 21.3 Å². The van der Waals surface area contributed by atoms with Crippen LogP contribution in [-0.4, -0.2) is 35.8 Å². The molecule has 1 saturated carbocycles. The van der Waals surface area contributed by atoms with E-state index in [1.807, 2.05) is 20.8 Å². The molecule has 170 valence electrons. The first-order valence-electron chi connectivity index (χ1n) is 10.7. The van der Waals surface area contributed by atoms with Gasteiger partial charge < -0.3 is 21.3 Å². The molecule has 3 rings (SSSR count). The fourth-order valence-electron chi connectivity index (χ4n) is 2.89. The molecule has 0 spiro atoms. The van der Waals surface area contributed by atoms with Gasteiger partial charge in [-0.1, -0.05) is 24.6 Å². The van der Waals surface area contributed by atoms with Gasteiger partial charge in [-0.3, -0.25) is 14.4 Å². The Morgan fingerprint density at radius 3 is 2.44 bits per heavy atom. The Labute approximate surface area is 193 Å². The predicted octanol–water partition coefficient (Wildman–Crippen LogP) is 4.20. The van der Waals surface area contributed by atoms with E-state index >= 15 is 0 Å². The number of amides is 3. The van der Waals surface area contributed by atoms with Crippen molar-refractivity contribution >= 4 is 40.7 Å². The zero-order chi connectivity index (χ0) is 23.3. The van der Waals surface area contributed by atoms with Crippen molar-refractivity contribution in [1.82, 2.24) is 10.6 Å². The Morgan fingerprint density at radius 2 is 1.78 bits per heavy atom. The van der Waals surface area contributed by atoms with Crippen LogP contribution in [0.3, 0.4) is 0 Å². The maximum atomic E-state index is 12.4. The van der Waals surface area contributed by atoms with Crippen LogP contribution in [0.15, 0.2) is 42.5 Å². The van der Waals surface area contributed by atoms with E-state index in [0.717, 1.165) is 19.3 Å². The van der Waals surface area contributed by atoms with Crippen molar-refractivity contribution in [3.05, 3.63) is 58.6 Å². The van der Waals surface area contributed by atoms with Gasteiger partial charge in [0, 0.05) is 28.5 Å². The van der Waals surface area contributed by atoms with Gasteiger partial charge in [0.2, 0.25) is 5.91 Å². The molecular weight excluding hydrogens is 428 g/mol. The minimum atomic E-state index is -0.328. The lowest BCUT2D eigenvalue weighted by atomic mass is 10.0. The summed E-state index contributed by atoms with van der Waals surface area (Å²) in [5, 5.41) is 11.9. The second kappa shape index (κ2) is 10.0. The third-order valence-corrected chi connectivity index (χ3v) is 5.64. The third kappa shape index (κ3) is 6.72. The quantitative estimate of drug-likeness (QED) is 0.454. The highest BCUT2D eigenvalue weighted by molar-refractivity contribution is 6.34. The normalized spacial score (nSPS) is 13.2. The molecule has 1 aliphatic carbocycles. The maximum absolute atomic E-state index is 12.4. The van der Waals surface area contributed by atoms with E-state index in [4.69, 9.17) is 11.6 Å². The van der Waals surface area contributed by atoms with Crippen molar-refractivity contribution in [2.75, 3.05) is 17.2 Å². The molecule has 0 saturated heterocycles. The SMILES string of the molecule is CCC(C)(C)NC(=O)c1ccc(NCC(=O)Nc2cccc(C(=O)NC3CC3)c2)cc1Cl. The Morgan fingerprint density at radius 1 is 1.03 bits per heavy atom. The summed E-state index contributed by atoms with van der Waals surface area (Å²) in [5.74, 6) is -0.646. The summed E-state index contributed by atoms with van der Waals surface area (Å²) in [6, 6.07) is 12.0. The fraction of sp³-hybridized carbons (Fsp3) is 0.375. The van der Waals surface area contributed by atoms with Crippen molar-refractivity contribution in [2.45, 2.75) is 51.6 Å². The third-order valence-electron chi connectivity index (χ3n) is 5.32. The first-order chi connectivity index (χ1) is 15.2. The predicted molar refractivity (Wildman–Crippen MR) is 127 cm³/mol. The molecule has 0 unspecified atom stereocenters. The fourth-order valence-corrected chi connectivity index (χ4v) is 3.16. The second-order valence-electron chi connectivity index (χ2n) is 8.62. The van der Waals surface area contributed by atoms with Gasteiger partial charge in [0.05, 0.1) is 17.1 Å². The molecule has 8 heteroatoms. The molecule has 0 atom stereocenters. The minimum Gasteiger partial charge on any atom is -0.376 e. The number of carbonyl (C=O) groups excluding carboxylic acids is 3. The van der Waals surface area contributed by atoms with Crippen molar-refractivity contribution in [2.24, 2.45) is 0 Å². The van der Waals surface area contributed by atoms with E-state index in [1.54, 1.807) is 42.5 Å². The summed E-state index contributed by atoms with van der Waals surface area (Å²) in [6.45, 7) is 5.90. The first-order valence-corrected chi connectivity index (χ1v) is 11.1. The van der Waals surface area contributed by atoms with Gasteiger partial charge in [-0.05, 0) is 69.5 Å². The topological polar surface area (TPSA) is 99.3 Å². The summed E-state index contributed by atoms with van der Waals surface area (Å²) >= 11 is 6.29. The number of carbonyl (C=O) groups is 3. The van der Waals surface area contributed by atoms with Gasteiger partial charge in [-0.25, -0.2) is 0 Å². The standard InChI is InChI=1S/C24H29ClN4O3/c1-4-24(2,3)29-23(32)19-11-10-17(13-20(19)25)26-14-21(30)27-18-7-5-6-15(12-18)22(31)28-16-8-9-16/h5-7,10-13,16,26H,4,8-9,14H2,1-3H3,(H,27,30)(H,28,31)(H,29,32). The smallest absolute Gasteiger partial charge is 0.253 e. The number of nitrogens with one attached hydrogen (secondary N) is 4. The number of rotatable bonds is 9. The van der Waals surface area contributed by atoms with E-state index in [9.17, 15) is 14.4 Å². The zero-order valence-corrected chi connectivity index (χ0v) is 19.3. The van der Waals surface area contributed by atoms with Gasteiger partial charge >= 0.3 is 0 Å². The van der Waals surface area contributed by atoms with Gasteiger partial charge in [-0.2, -0.15) is 0 Å². The Bertz CT molecular complexity index is 1020. The van der Waals surface area contributed by atoms with Gasteiger partial charge in [0.15, 0.2) is 0 Å². The minimum absolute atomic E-state index is 0.00321. The summed E-state index contributed by atoms with van der Waals surface area (Å²) in [6.07, 6.45) is 2.82. The van der Waals surface area contributed by atoms with Crippen LogP contribution >= 0.6 is 11.6 Å². The van der Waals surface area contributed by atoms with Crippen LogP contribution in [0.1, 0.15) is 60.7 Å². The highest BCUT2D eigenvalue weighted by Gasteiger charge is 2.24. The monoisotopic (exact) mass is 456 g/mol. The lowest BCUT2D eigenvalue weighted by Gasteiger charge is -2.24. The summed E-state index contributed by atoms with van der Waals surface area (Å²) in [4.78, 5) is 37.0. The largest absolute Gasteiger partial charge is 0.376 e. The van der Waals surface area contributed by atoms with E-state index in [-0.39, 0.29) is 35.8 Å². The number of benzene rings is 2. The van der Waals surface area contributed by atoms with Crippen LogP contribution in [-0.2, 0) is 4.79 Å². The molecule has 7 nitrogen and oxygen atoms in total. The second-order valence-corrected chi connectivity index (χ2v) is 9.02. The molecular formula is C24H29ClN4O3. The van der Waals surface area contributed by atoms with Gasteiger partial charge in [0.25, 0.3) is 11.8 Å². The van der Waals surface area contributed by atoms with E-state index in [0.29, 0.717) is 27.5 Å². The van der Waals surface area contributed by atoms with Crippen molar-refractivity contribution in [1.29, 1.82) is 0 Å². The maximum Gasteiger partial charge on any atom is 0.253 e. The molecule has 0 radical (unpaired) electrons. The summed E-state index contributed by atoms with van der Waals surface area (Å²) in [7, 11) is 0. The first kappa shape index (κ1) is 23.6. The van der Waals surface area contributed by atoms with Crippen LogP contribution in [0.5, 0.6) is 0 Å². The van der Waals surface area contributed by atoms with E-state index < -0.39 is 0 Å². The molecule has 0 bridgehead atoms. The lowest BCUT2D eigenvalue weighted by molar-refractivity contribution is -0.114. The molecule has 0 aromatic heterocycles. The molecule has 0 heterocycles. The summed E-state index contributed by atoms with van der Waals surface area (Å²) in [5.41, 5.74) is 1.72. The molecule has 1 fully saturated rings. The molecule has 0 aliphatic heterocycles. The Kier molecular flexibility index (Phi) is 7.40. The molecule has 2 aromatic rings. The average molecular weight is 457 g/mol. The molecule has 4 N–H and O–H groups in total. The summed E-state index contributed by atoms with van der Waals surface area (Å²) < 4.78 is 0. The molecule has 1 aliphatic rings. The van der Waals surface area contributed by atoms with Crippen LogP contribution in [0, 0.1) is 0 Å². The number of hydrogen-bond acceptors (Lipinski definition) is 4. The van der Waals surface area contributed by atoms with Crippen LogP contribution in [0.2, 0.25) is 5.02 Å². The van der Waals surface area contributed by atoms with E-state index in [1.165, 1.54) is 0 Å². The van der Waals surface area contributed by atoms with Crippen LogP contribution in [0.4, 0.5) is 11.4 Å². The highest BCUT2D eigenvalue weighted by atomic mass is 35.5. The van der Waals surface area contributed by atoms with Crippen molar-refractivity contribution in [3.8, 4) is 0 Å². The molecule has 3 amide bonds. The highest BCUT2D eigenvalue weighted by Crippen LogP contribution is 2.22.